The molecule has 1 N–H and O–H groups in total. The molecule has 0 aliphatic carbocycles. The highest BCUT2D eigenvalue weighted by atomic mass is 32.2. The number of carboxylic acids is 1. The second-order valence-electron chi connectivity index (χ2n) is 4.29. The lowest BCUT2D eigenvalue weighted by Crippen LogP contribution is -2.01. The van der Waals surface area contributed by atoms with E-state index >= 15 is 0 Å². The summed E-state index contributed by atoms with van der Waals surface area (Å²) in [5.74, 6) is -0.935. The number of carboxylic acid groups (broad SMARTS) is 1. The van der Waals surface area contributed by atoms with Gasteiger partial charge in [0.2, 0.25) is 0 Å². The van der Waals surface area contributed by atoms with Crippen LogP contribution in [0.5, 0.6) is 0 Å². The first-order valence-corrected chi connectivity index (χ1v) is 6.62. The number of aromatic carboxylic acids is 1. The lowest BCUT2D eigenvalue weighted by Gasteiger charge is -2.09. The van der Waals surface area contributed by atoms with E-state index in [0.717, 1.165) is 17.0 Å². The summed E-state index contributed by atoms with van der Waals surface area (Å²) in [6.45, 7) is 5.68. The summed E-state index contributed by atoms with van der Waals surface area (Å²) in [6.07, 6.45) is 0. The van der Waals surface area contributed by atoms with Gasteiger partial charge in [0, 0.05) is 16.3 Å². The molecule has 0 fully saturated rings. The maximum absolute atomic E-state index is 11.2. The van der Waals surface area contributed by atoms with Gasteiger partial charge in [-0.05, 0) is 50.2 Å². The van der Waals surface area contributed by atoms with Crippen LogP contribution in [0.25, 0.3) is 0 Å². The number of aromatic nitrogens is 2. The molecule has 0 spiro atoms. The Bertz CT molecular complexity index is 621. The normalized spacial score (nSPS) is 10.5. The van der Waals surface area contributed by atoms with Gasteiger partial charge in [0.05, 0.1) is 5.56 Å². The Balaban J connectivity index is 2.45. The third kappa shape index (κ3) is 3.12. The minimum absolute atomic E-state index is 0.285. The molecule has 98 valence electrons. The molecule has 0 amide bonds. The molecule has 1 heterocycles. The van der Waals surface area contributed by atoms with Crippen molar-refractivity contribution in [3.8, 4) is 0 Å². The van der Waals surface area contributed by atoms with Crippen molar-refractivity contribution in [2.75, 3.05) is 0 Å². The van der Waals surface area contributed by atoms with Crippen LogP contribution in [0.4, 0.5) is 0 Å². The number of aryl methyl sites for hydroxylation is 3. The molecule has 5 heteroatoms. The van der Waals surface area contributed by atoms with Crippen molar-refractivity contribution >= 4 is 17.7 Å². The largest absolute Gasteiger partial charge is 0.478 e. The van der Waals surface area contributed by atoms with E-state index in [2.05, 4.69) is 9.97 Å². The third-order valence-electron chi connectivity index (χ3n) is 2.60. The SMILES string of the molecule is Cc1cc(C)nc(Sc2c(C)cccc2C(=O)O)n1. The predicted octanol–water partition coefficient (Wildman–Crippen LogP) is 3.25. The number of benzene rings is 1. The maximum Gasteiger partial charge on any atom is 0.336 e. The fraction of sp³-hybridized carbons (Fsp3) is 0.214. The van der Waals surface area contributed by atoms with E-state index in [9.17, 15) is 9.90 Å². The van der Waals surface area contributed by atoms with Crippen molar-refractivity contribution in [3.63, 3.8) is 0 Å². The number of hydrogen-bond acceptors (Lipinski definition) is 4. The zero-order valence-electron chi connectivity index (χ0n) is 11.0. The zero-order chi connectivity index (χ0) is 14.0. The van der Waals surface area contributed by atoms with Crippen LogP contribution in [-0.2, 0) is 0 Å². The van der Waals surface area contributed by atoms with Crippen LogP contribution in [-0.4, -0.2) is 21.0 Å². The molecule has 0 aliphatic heterocycles. The molecule has 0 bridgehead atoms. The molecule has 2 aromatic rings. The van der Waals surface area contributed by atoms with Crippen LogP contribution in [0.2, 0.25) is 0 Å². The van der Waals surface area contributed by atoms with Crippen LogP contribution in [0.3, 0.4) is 0 Å². The topological polar surface area (TPSA) is 63.1 Å². The van der Waals surface area contributed by atoms with E-state index in [-0.39, 0.29) is 5.56 Å². The number of nitrogens with zero attached hydrogens (tertiary/aromatic N) is 2. The molecule has 4 nitrogen and oxygen atoms in total. The minimum atomic E-state index is -0.935. The Morgan fingerprint density at radius 2 is 1.79 bits per heavy atom. The number of rotatable bonds is 3. The van der Waals surface area contributed by atoms with E-state index < -0.39 is 5.97 Å². The summed E-state index contributed by atoms with van der Waals surface area (Å²) in [7, 11) is 0. The smallest absolute Gasteiger partial charge is 0.336 e. The number of hydrogen-bond donors (Lipinski definition) is 1. The van der Waals surface area contributed by atoms with Crippen molar-refractivity contribution in [2.45, 2.75) is 30.8 Å². The quantitative estimate of drug-likeness (QED) is 0.870. The molecule has 0 atom stereocenters. The van der Waals surface area contributed by atoms with Crippen LogP contribution in [0, 0.1) is 20.8 Å². The summed E-state index contributed by atoms with van der Waals surface area (Å²) < 4.78 is 0. The first kappa shape index (κ1) is 13.5. The van der Waals surface area contributed by atoms with E-state index in [1.54, 1.807) is 12.1 Å². The van der Waals surface area contributed by atoms with Gasteiger partial charge in [0.25, 0.3) is 0 Å². The van der Waals surface area contributed by atoms with Gasteiger partial charge in [0.15, 0.2) is 5.16 Å². The number of carbonyl (C=O) groups is 1. The van der Waals surface area contributed by atoms with Crippen molar-refractivity contribution in [3.05, 3.63) is 46.8 Å². The van der Waals surface area contributed by atoms with Gasteiger partial charge < -0.3 is 5.11 Å². The van der Waals surface area contributed by atoms with Gasteiger partial charge in [-0.3, -0.25) is 0 Å². The van der Waals surface area contributed by atoms with Gasteiger partial charge in [-0.15, -0.1) is 0 Å². The average molecular weight is 274 g/mol. The molecule has 19 heavy (non-hydrogen) atoms. The summed E-state index contributed by atoms with van der Waals surface area (Å²) in [5.41, 5.74) is 2.95. The molecule has 0 saturated carbocycles. The Morgan fingerprint density at radius 3 is 2.37 bits per heavy atom. The van der Waals surface area contributed by atoms with Crippen molar-refractivity contribution in [1.82, 2.24) is 9.97 Å². The first-order valence-electron chi connectivity index (χ1n) is 5.80. The molecule has 0 aliphatic rings. The van der Waals surface area contributed by atoms with Gasteiger partial charge in [-0.2, -0.15) is 0 Å². The fourth-order valence-electron chi connectivity index (χ4n) is 1.79. The molecule has 0 saturated heterocycles. The first-order chi connectivity index (χ1) is 8.97. The fourth-order valence-corrected chi connectivity index (χ4v) is 2.84. The highest BCUT2D eigenvalue weighted by molar-refractivity contribution is 7.99. The molecule has 0 unspecified atom stereocenters. The summed E-state index contributed by atoms with van der Waals surface area (Å²) in [5, 5.41) is 9.80. The minimum Gasteiger partial charge on any atom is -0.478 e. The summed E-state index contributed by atoms with van der Waals surface area (Å²) in [4.78, 5) is 20.6. The van der Waals surface area contributed by atoms with E-state index in [1.807, 2.05) is 32.9 Å². The molecule has 2 rings (SSSR count). The van der Waals surface area contributed by atoms with E-state index in [0.29, 0.717) is 10.1 Å². The van der Waals surface area contributed by atoms with E-state index in [4.69, 9.17) is 0 Å². The van der Waals surface area contributed by atoms with Crippen molar-refractivity contribution < 1.29 is 9.90 Å². The van der Waals surface area contributed by atoms with Gasteiger partial charge in [-0.1, -0.05) is 12.1 Å². The lowest BCUT2D eigenvalue weighted by atomic mass is 10.1. The van der Waals surface area contributed by atoms with Gasteiger partial charge in [0.1, 0.15) is 0 Å². The Kier molecular flexibility index (Phi) is 3.85. The van der Waals surface area contributed by atoms with Crippen LogP contribution in [0.1, 0.15) is 27.3 Å². The summed E-state index contributed by atoms with van der Waals surface area (Å²) in [6, 6.07) is 7.11. The standard InChI is InChI=1S/C14H14N2O2S/c1-8-5-4-6-11(13(17)18)12(8)19-14-15-9(2)7-10(3)16-14/h4-7H,1-3H3,(H,17,18). The highest BCUT2D eigenvalue weighted by Gasteiger charge is 2.14. The molecule has 1 aromatic heterocycles. The third-order valence-corrected chi connectivity index (χ3v) is 3.71. The van der Waals surface area contributed by atoms with Crippen LogP contribution < -0.4 is 0 Å². The van der Waals surface area contributed by atoms with Crippen LogP contribution >= 0.6 is 11.8 Å². The van der Waals surface area contributed by atoms with Gasteiger partial charge >= 0.3 is 5.97 Å². The molecular weight excluding hydrogens is 260 g/mol. The lowest BCUT2D eigenvalue weighted by molar-refractivity contribution is 0.0693. The monoisotopic (exact) mass is 274 g/mol. The van der Waals surface area contributed by atoms with Crippen molar-refractivity contribution in [2.24, 2.45) is 0 Å². The van der Waals surface area contributed by atoms with Crippen LogP contribution in [0.15, 0.2) is 34.3 Å². The Hall–Kier alpha value is -1.88. The van der Waals surface area contributed by atoms with Gasteiger partial charge in [-0.25, -0.2) is 14.8 Å². The molecule has 1 aromatic carbocycles. The molecule has 0 radical (unpaired) electrons. The second-order valence-corrected chi connectivity index (χ2v) is 5.27. The average Bonchev–Trinajstić information content (AvgIpc) is 2.30. The van der Waals surface area contributed by atoms with E-state index in [1.165, 1.54) is 11.8 Å². The highest BCUT2D eigenvalue weighted by Crippen LogP contribution is 2.31. The zero-order valence-corrected chi connectivity index (χ0v) is 11.8. The molecular formula is C14H14N2O2S. The Labute approximate surface area is 115 Å². The maximum atomic E-state index is 11.2. The second kappa shape index (κ2) is 5.40. The predicted molar refractivity (Wildman–Crippen MR) is 73.8 cm³/mol. The summed E-state index contributed by atoms with van der Waals surface area (Å²) >= 11 is 1.29. The van der Waals surface area contributed by atoms with Crippen molar-refractivity contribution in [1.29, 1.82) is 0 Å². The Morgan fingerprint density at radius 1 is 1.16 bits per heavy atom.